The van der Waals surface area contributed by atoms with Gasteiger partial charge in [0.05, 0.1) is 0 Å². The van der Waals surface area contributed by atoms with E-state index >= 15 is 0 Å². The molecule has 0 aliphatic heterocycles. The molecule has 0 spiro atoms. The van der Waals surface area contributed by atoms with Crippen LogP contribution in [0.15, 0.2) is 0 Å². The standard InChI is InChI=1S/C12H27O4Si.3C4H9O.Ti/c1-10(2,3)14-17(13,15-11(4,5)6)16-12(7,8)9;3*1-4(2)3-5;/h1-9H3;3*4H,3H2,1-2H3;/q4*-1;+4. The Labute approximate surface area is 211 Å². The van der Waals surface area contributed by atoms with E-state index in [1.807, 2.05) is 62.3 Å². The second-order valence-electron chi connectivity index (χ2n) is 12.9. The minimum absolute atomic E-state index is 0.274. The molecule has 7 nitrogen and oxygen atoms in total. The molecule has 9 heteroatoms. The molecule has 0 aliphatic carbocycles. The summed E-state index contributed by atoms with van der Waals surface area (Å²) in [5.41, 5.74) is -1.78. The van der Waals surface area contributed by atoms with Gasteiger partial charge >= 0.3 is 212 Å². The molecule has 0 aromatic heterocycles. The van der Waals surface area contributed by atoms with Crippen molar-refractivity contribution < 1.29 is 44.4 Å². The summed E-state index contributed by atoms with van der Waals surface area (Å²) < 4.78 is 45.6. The first-order chi connectivity index (χ1) is 14.6. The molecule has 0 radical (unpaired) electrons. The van der Waals surface area contributed by atoms with E-state index in [0.29, 0.717) is 19.8 Å². The second kappa shape index (κ2) is 13.3. The first kappa shape index (κ1) is 33.7. The van der Waals surface area contributed by atoms with E-state index in [0.717, 1.165) is 0 Å². The predicted octanol–water partition coefficient (Wildman–Crippen LogP) is 6.72. The van der Waals surface area contributed by atoms with Crippen LogP contribution in [0.2, 0.25) is 0 Å². The monoisotopic (exact) mass is 530 g/mol. The maximum atomic E-state index is 6.80. The van der Waals surface area contributed by atoms with E-state index < -0.39 is 44.0 Å². The molecule has 0 unspecified atom stereocenters. The van der Waals surface area contributed by atoms with Crippen molar-refractivity contribution in [2.24, 2.45) is 17.8 Å². The first-order valence-electron chi connectivity index (χ1n) is 12.3. The van der Waals surface area contributed by atoms with Crippen LogP contribution in [0.25, 0.3) is 0 Å². The summed E-state index contributed by atoms with van der Waals surface area (Å²) in [6.07, 6.45) is 0. The Morgan fingerprint density at radius 1 is 0.515 bits per heavy atom. The Hall–Kier alpha value is 0.651. The molecule has 200 valence electrons. The van der Waals surface area contributed by atoms with Gasteiger partial charge in [-0.15, -0.1) is 0 Å². The van der Waals surface area contributed by atoms with Gasteiger partial charge < -0.3 is 0 Å². The van der Waals surface area contributed by atoms with Gasteiger partial charge in [0.25, 0.3) is 0 Å². The van der Waals surface area contributed by atoms with Crippen LogP contribution in [0.4, 0.5) is 0 Å². The van der Waals surface area contributed by atoms with Crippen LogP contribution >= 0.6 is 0 Å². The van der Waals surface area contributed by atoms with Gasteiger partial charge in [0, 0.05) is 0 Å². The summed E-state index contributed by atoms with van der Waals surface area (Å²) in [5, 5.41) is 0. The van der Waals surface area contributed by atoms with Gasteiger partial charge in [-0.05, 0) is 0 Å². The molecule has 0 fully saturated rings. The van der Waals surface area contributed by atoms with Crippen LogP contribution < -0.4 is 0 Å². The average molecular weight is 531 g/mol. The maximum absolute atomic E-state index is 6.80. The second-order valence-corrected chi connectivity index (χ2v) is 18.5. The molecular weight excluding hydrogens is 476 g/mol. The van der Waals surface area contributed by atoms with Crippen LogP contribution in [0.5, 0.6) is 0 Å². The minimum atomic E-state index is -4.40. The number of hydrogen-bond donors (Lipinski definition) is 0. The van der Waals surface area contributed by atoms with Gasteiger partial charge in [-0.3, -0.25) is 0 Å². The third kappa shape index (κ3) is 16.9. The molecule has 0 saturated heterocycles. The molecule has 0 aromatic carbocycles. The quantitative estimate of drug-likeness (QED) is 0.231. The summed E-state index contributed by atoms with van der Waals surface area (Å²) >= 11 is -4.40. The fraction of sp³-hybridized carbons (Fsp3) is 1.00. The van der Waals surface area contributed by atoms with Crippen molar-refractivity contribution >= 4 is 9.05 Å². The topological polar surface area (TPSA) is 64.6 Å². The van der Waals surface area contributed by atoms with Crippen LogP contribution in [0.1, 0.15) is 104 Å². The van der Waals surface area contributed by atoms with Gasteiger partial charge in [-0.25, -0.2) is 0 Å². The summed E-state index contributed by atoms with van der Waals surface area (Å²) in [4.78, 5) is 0. The molecule has 0 amide bonds. The molecule has 0 saturated carbocycles. The fourth-order valence-corrected chi connectivity index (χ4v) is 11.2. The van der Waals surface area contributed by atoms with Crippen molar-refractivity contribution in [1.29, 1.82) is 0 Å². The Morgan fingerprint density at radius 3 is 0.939 bits per heavy atom. The molecule has 0 bridgehead atoms. The Kier molecular flexibility index (Phi) is 13.5. The van der Waals surface area contributed by atoms with E-state index in [1.165, 1.54) is 0 Å². The summed E-state index contributed by atoms with van der Waals surface area (Å²) in [7, 11) is -3.84. The summed E-state index contributed by atoms with van der Waals surface area (Å²) in [6.45, 7) is 31.5. The zero-order valence-corrected chi connectivity index (χ0v) is 26.8. The predicted molar refractivity (Wildman–Crippen MR) is 132 cm³/mol. The van der Waals surface area contributed by atoms with Crippen molar-refractivity contribution in [3.05, 3.63) is 0 Å². The SMILES string of the molecule is CC(C)C[O][Ti]([O]CC(C)C)([O]CC(C)C)[O][Si](OC(C)(C)C)(OC(C)(C)C)OC(C)(C)C. The van der Waals surface area contributed by atoms with Crippen molar-refractivity contribution in [3.8, 4) is 0 Å². The molecule has 0 rings (SSSR count). The zero-order chi connectivity index (χ0) is 26.3. The van der Waals surface area contributed by atoms with Gasteiger partial charge in [0.2, 0.25) is 0 Å². The van der Waals surface area contributed by atoms with E-state index in [9.17, 15) is 0 Å². The van der Waals surface area contributed by atoms with Crippen LogP contribution in [0.3, 0.4) is 0 Å². The molecular formula is C24H54O7SiTi. The van der Waals surface area contributed by atoms with Gasteiger partial charge in [-0.2, -0.15) is 0 Å². The Balaban J connectivity index is 6.64. The third-order valence-corrected chi connectivity index (χ3v) is 11.2. The van der Waals surface area contributed by atoms with Crippen LogP contribution in [-0.2, 0) is 44.4 Å². The van der Waals surface area contributed by atoms with Gasteiger partial charge in [0.1, 0.15) is 0 Å². The Morgan fingerprint density at radius 2 is 0.758 bits per heavy atom. The van der Waals surface area contributed by atoms with E-state index in [-0.39, 0.29) is 17.8 Å². The fourth-order valence-electron chi connectivity index (χ4n) is 2.42. The van der Waals surface area contributed by atoms with Gasteiger partial charge in [-0.1, -0.05) is 0 Å². The van der Waals surface area contributed by atoms with E-state index in [2.05, 4.69) is 41.5 Å². The molecule has 33 heavy (non-hydrogen) atoms. The zero-order valence-electron chi connectivity index (χ0n) is 24.2. The molecule has 0 aliphatic rings. The summed E-state index contributed by atoms with van der Waals surface area (Å²) in [5.74, 6) is 0.821. The van der Waals surface area contributed by atoms with Crippen LogP contribution in [0, 0.1) is 17.8 Å². The first-order valence-corrected chi connectivity index (χ1v) is 16.5. The number of rotatable bonds is 14. The molecule has 0 atom stereocenters. The van der Waals surface area contributed by atoms with E-state index in [4.69, 9.17) is 26.2 Å². The van der Waals surface area contributed by atoms with Crippen molar-refractivity contribution in [3.63, 3.8) is 0 Å². The van der Waals surface area contributed by atoms with Crippen LogP contribution in [-0.4, -0.2) is 45.7 Å². The average Bonchev–Trinajstić information content (AvgIpc) is 2.50. The molecule has 0 N–H and O–H groups in total. The number of hydrogen-bond acceptors (Lipinski definition) is 7. The Bertz CT molecular complexity index is 476. The molecule has 0 aromatic rings. The normalized spacial score (nSPS) is 14.7. The van der Waals surface area contributed by atoms with Gasteiger partial charge in [0.15, 0.2) is 0 Å². The molecule has 0 heterocycles. The van der Waals surface area contributed by atoms with E-state index in [1.54, 1.807) is 0 Å². The summed E-state index contributed by atoms with van der Waals surface area (Å²) in [6, 6.07) is 0. The third-order valence-electron chi connectivity index (χ3n) is 3.32. The van der Waals surface area contributed by atoms with Crippen molar-refractivity contribution in [1.82, 2.24) is 0 Å². The van der Waals surface area contributed by atoms with Crippen molar-refractivity contribution in [2.75, 3.05) is 19.8 Å². The van der Waals surface area contributed by atoms with Crippen molar-refractivity contribution in [2.45, 2.75) is 121 Å².